The van der Waals surface area contributed by atoms with E-state index in [4.69, 9.17) is 10.5 Å². The van der Waals surface area contributed by atoms with Crippen LogP contribution < -0.4 is 10.5 Å². The maximum absolute atomic E-state index is 11.8. The molecule has 0 atom stereocenters. The average molecular weight is 416 g/mol. The molecule has 0 unspecified atom stereocenters. The zero-order valence-electron chi connectivity index (χ0n) is 17.0. The molecule has 0 aliphatic heterocycles. The predicted molar refractivity (Wildman–Crippen MR) is 111 cm³/mol. The van der Waals surface area contributed by atoms with Crippen LogP contribution in [0.2, 0.25) is 0 Å². The Kier molecular flexibility index (Phi) is 5.25. The topological polar surface area (TPSA) is 112 Å². The molecule has 2 aromatic rings. The van der Waals surface area contributed by atoms with E-state index in [2.05, 4.69) is 9.97 Å². The van der Waals surface area contributed by atoms with Gasteiger partial charge in [0.1, 0.15) is 17.1 Å². The Hall–Kier alpha value is -2.74. The molecule has 0 spiro atoms. The number of rotatable bonds is 6. The van der Waals surface area contributed by atoms with E-state index >= 15 is 0 Å². The summed E-state index contributed by atoms with van der Waals surface area (Å²) in [6.45, 7) is 5.88. The predicted octanol–water partition coefficient (Wildman–Crippen LogP) is 3.26. The Bertz CT molecular complexity index is 1080. The Balaban J connectivity index is 1.95. The van der Waals surface area contributed by atoms with E-state index in [-0.39, 0.29) is 22.3 Å². The van der Waals surface area contributed by atoms with Crippen molar-refractivity contribution in [3.8, 4) is 11.6 Å². The number of hydrogen-bond acceptors (Lipinski definition) is 6. The van der Waals surface area contributed by atoms with Gasteiger partial charge in [-0.15, -0.1) is 0 Å². The van der Waals surface area contributed by atoms with E-state index in [1.54, 1.807) is 12.1 Å². The van der Waals surface area contributed by atoms with Gasteiger partial charge in [0, 0.05) is 28.7 Å². The van der Waals surface area contributed by atoms with Crippen molar-refractivity contribution in [2.75, 3.05) is 6.26 Å². The molecular formula is C21H25N3O4S. The van der Waals surface area contributed by atoms with E-state index in [0.29, 0.717) is 11.6 Å². The SMILES string of the molecule is CC(C)(C)c1ncc(C(N)=O)c(Oc2cccc(C3(C=CS(C)(=O)=O)CC3)c2)n1. The summed E-state index contributed by atoms with van der Waals surface area (Å²) in [5.74, 6) is 0.448. The zero-order valence-corrected chi connectivity index (χ0v) is 17.8. The molecule has 1 heterocycles. The van der Waals surface area contributed by atoms with Crippen molar-refractivity contribution >= 4 is 15.7 Å². The van der Waals surface area contributed by atoms with E-state index in [9.17, 15) is 13.2 Å². The molecule has 1 aromatic heterocycles. The summed E-state index contributed by atoms with van der Waals surface area (Å²) in [5.41, 5.74) is 5.86. The van der Waals surface area contributed by atoms with Gasteiger partial charge in [0.25, 0.3) is 5.91 Å². The summed E-state index contributed by atoms with van der Waals surface area (Å²) in [7, 11) is -3.20. The normalized spacial score (nSPS) is 16.0. The van der Waals surface area contributed by atoms with Crippen LogP contribution in [0, 0.1) is 0 Å². The molecule has 1 saturated carbocycles. The van der Waals surface area contributed by atoms with E-state index in [0.717, 1.165) is 18.4 Å². The summed E-state index contributed by atoms with van der Waals surface area (Å²) in [6.07, 6.45) is 6.00. The third-order valence-electron chi connectivity index (χ3n) is 4.74. The van der Waals surface area contributed by atoms with E-state index in [1.165, 1.54) is 17.9 Å². The van der Waals surface area contributed by atoms with Crippen LogP contribution in [0.1, 0.15) is 55.4 Å². The van der Waals surface area contributed by atoms with Crippen molar-refractivity contribution in [1.82, 2.24) is 9.97 Å². The van der Waals surface area contributed by atoms with Crippen LogP contribution in [0.5, 0.6) is 11.6 Å². The smallest absolute Gasteiger partial charge is 0.255 e. The number of sulfone groups is 1. The highest BCUT2D eigenvalue weighted by molar-refractivity contribution is 7.93. The van der Waals surface area contributed by atoms with Crippen molar-refractivity contribution in [2.45, 2.75) is 44.4 Å². The molecule has 0 saturated heterocycles. The number of nitrogens with two attached hydrogens (primary N) is 1. The molecule has 2 N–H and O–H groups in total. The second-order valence-electron chi connectivity index (χ2n) is 8.44. The van der Waals surface area contributed by atoms with Gasteiger partial charge >= 0.3 is 0 Å². The molecule has 0 bridgehead atoms. The van der Waals surface area contributed by atoms with Crippen LogP contribution in [0.3, 0.4) is 0 Å². The summed E-state index contributed by atoms with van der Waals surface area (Å²) in [4.78, 5) is 20.4. The lowest BCUT2D eigenvalue weighted by molar-refractivity contribution is 0.0996. The number of primary amides is 1. The lowest BCUT2D eigenvalue weighted by atomic mass is 9.95. The minimum Gasteiger partial charge on any atom is -0.438 e. The van der Waals surface area contributed by atoms with Gasteiger partial charge in [-0.1, -0.05) is 39.0 Å². The fourth-order valence-electron chi connectivity index (χ4n) is 2.90. The Labute approximate surface area is 170 Å². The molecule has 1 amide bonds. The fraction of sp³-hybridized carbons (Fsp3) is 0.381. The number of aromatic nitrogens is 2. The zero-order chi connectivity index (χ0) is 21.4. The third-order valence-corrected chi connectivity index (χ3v) is 5.37. The summed E-state index contributed by atoms with van der Waals surface area (Å²) in [6, 6.07) is 7.35. The lowest BCUT2D eigenvalue weighted by Crippen LogP contribution is -2.20. The van der Waals surface area contributed by atoms with Crippen molar-refractivity contribution in [2.24, 2.45) is 5.73 Å². The largest absolute Gasteiger partial charge is 0.438 e. The van der Waals surface area contributed by atoms with Gasteiger partial charge in [-0.25, -0.2) is 13.4 Å². The molecule has 154 valence electrons. The first kappa shape index (κ1) is 21.0. The van der Waals surface area contributed by atoms with Gasteiger partial charge in [-0.3, -0.25) is 4.79 Å². The minimum absolute atomic E-state index is 0.0986. The first-order chi connectivity index (χ1) is 13.4. The third kappa shape index (κ3) is 5.00. The van der Waals surface area contributed by atoms with Crippen LogP contribution in [-0.4, -0.2) is 30.5 Å². The molecule has 1 fully saturated rings. The van der Waals surface area contributed by atoms with E-state index in [1.807, 2.05) is 39.0 Å². The van der Waals surface area contributed by atoms with Crippen LogP contribution in [0.15, 0.2) is 41.9 Å². The number of nitrogens with zero attached hydrogens (tertiary/aromatic N) is 2. The van der Waals surface area contributed by atoms with Gasteiger partial charge in [0.15, 0.2) is 9.84 Å². The number of ether oxygens (including phenoxy) is 1. The minimum atomic E-state index is -3.20. The number of benzene rings is 1. The second-order valence-corrected chi connectivity index (χ2v) is 10.4. The van der Waals surface area contributed by atoms with Gasteiger partial charge in [-0.05, 0) is 30.5 Å². The first-order valence-electron chi connectivity index (χ1n) is 9.25. The number of amides is 1. The van der Waals surface area contributed by atoms with Crippen LogP contribution in [0.4, 0.5) is 0 Å². The monoisotopic (exact) mass is 415 g/mol. The van der Waals surface area contributed by atoms with Crippen molar-refractivity contribution in [3.63, 3.8) is 0 Å². The highest BCUT2D eigenvalue weighted by atomic mass is 32.2. The molecule has 1 aliphatic carbocycles. The number of allylic oxidation sites excluding steroid dienone is 1. The Morgan fingerprint density at radius 2 is 1.97 bits per heavy atom. The number of carbonyl (C=O) groups excluding carboxylic acids is 1. The molecule has 7 nitrogen and oxygen atoms in total. The molecule has 8 heteroatoms. The highest BCUT2D eigenvalue weighted by Crippen LogP contribution is 2.50. The Morgan fingerprint density at radius 1 is 1.28 bits per heavy atom. The summed E-state index contributed by atoms with van der Waals surface area (Å²) in [5, 5.41) is 1.25. The molecular weight excluding hydrogens is 390 g/mol. The van der Waals surface area contributed by atoms with Crippen LogP contribution >= 0.6 is 0 Å². The molecule has 1 aromatic carbocycles. The average Bonchev–Trinajstić information content (AvgIpc) is 3.40. The fourth-order valence-corrected chi connectivity index (χ4v) is 3.40. The van der Waals surface area contributed by atoms with Gasteiger partial charge in [0.05, 0.1) is 0 Å². The van der Waals surface area contributed by atoms with Crippen molar-refractivity contribution in [3.05, 3.63) is 58.9 Å². The lowest BCUT2D eigenvalue weighted by Gasteiger charge is -2.18. The number of hydrogen-bond donors (Lipinski definition) is 1. The maximum atomic E-state index is 11.8. The van der Waals surface area contributed by atoms with Gasteiger partial charge in [0.2, 0.25) is 5.88 Å². The highest BCUT2D eigenvalue weighted by Gasteiger charge is 2.42. The first-order valence-corrected chi connectivity index (χ1v) is 11.2. The summed E-state index contributed by atoms with van der Waals surface area (Å²) < 4.78 is 28.9. The number of carbonyl (C=O) groups is 1. The molecule has 29 heavy (non-hydrogen) atoms. The Morgan fingerprint density at radius 3 is 2.52 bits per heavy atom. The summed E-state index contributed by atoms with van der Waals surface area (Å²) >= 11 is 0. The molecule has 3 rings (SSSR count). The standard InChI is InChI=1S/C21H25N3O4S/c1-20(2,3)19-23-13-16(17(22)25)18(24-19)28-15-7-5-6-14(12-15)21(8-9-21)10-11-29(4,26)27/h5-7,10-13H,8-9H2,1-4H3,(H2,22,25). The van der Waals surface area contributed by atoms with Gasteiger partial charge in [-0.2, -0.15) is 4.98 Å². The van der Waals surface area contributed by atoms with Crippen molar-refractivity contribution < 1.29 is 17.9 Å². The maximum Gasteiger partial charge on any atom is 0.255 e. The van der Waals surface area contributed by atoms with Crippen LogP contribution in [0.25, 0.3) is 0 Å². The molecule has 1 aliphatic rings. The van der Waals surface area contributed by atoms with Crippen molar-refractivity contribution in [1.29, 1.82) is 0 Å². The second kappa shape index (κ2) is 7.26. The quantitative estimate of drug-likeness (QED) is 0.775. The van der Waals surface area contributed by atoms with E-state index < -0.39 is 15.7 Å². The molecule has 0 radical (unpaired) electrons. The van der Waals surface area contributed by atoms with Gasteiger partial charge < -0.3 is 10.5 Å². The van der Waals surface area contributed by atoms with Crippen LogP contribution in [-0.2, 0) is 20.7 Å².